The third-order valence-electron chi connectivity index (χ3n) is 3.13. The number of nitrogen functional groups attached to an aromatic ring is 1. The van der Waals surface area contributed by atoms with Crippen LogP contribution in [0.15, 0.2) is 12.1 Å². The van der Waals surface area contributed by atoms with Crippen molar-refractivity contribution in [3.8, 4) is 0 Å². The second-order valence-electron chi connectivity index (χ2n) is 4.87. The maximum Gasteiger partial charge on any atom is 0.254 e. The van der Waals surface area contributed by atoms with Crippen molar-refractivity contribution in [1.82, 2.24) is 9.88 Å². The van der Waals surface area contributed by atoms with E-state index in [1.54, 1.807) is 11.0 Å². The second kappa shape index (κ2) is 5.99. The lowest BCUT2D eigenvalue weighted by Crippen LogP contribution is -2.40. The summed E-state index contributed by atoms with van der Waals surface area (Å²) in [7, 11) is 0. The van der Waals surface area contributed by atoms with E-state index in [9.17, 15) is 4.79 Å². The first-order chi connectivity index (χ1) is 9.11. The highest BCUT2D eigenvalue weighted by Gasteiger charge is 2.20. The number of nitrogens with two attached hydrogens (primary N) is 1. The van der Waals surface area contributed by atoms with Crippen LogP contribution >= 0.6 is 0 Å². The molecule has 0 spiro atoms. The van der Waals surface area contributed by atoms with Gasteiger partial charge in [0.25, 0.3) is 5.91 Å². The molecule has 6 nitrogen and oxygen atoms in total. The van der Waals surface area contributed by atoms with Crippen molar-refractivity contribution in [2.24, 2.45) is 5.84 Å². The van der Waals surface area contributed by atoms with E-state index >= 15 is 0 Å². The van der Waals surface area contributed by atoms with Gasteiger partial charge in [-0.1, -0.05) is 13.8 Å². The third kappa shape index (κ3) is 3.21. The van der Waals surface area contributed by atoms with Crippen LogP contribution in [-0.4, -0.2) is 42.1 Å². The molecule has 19 heavy (non-hydrogen) atoms. The molecule has 6 heteroatoms. The van der Waals surface area contributed by atoms with Crippen LogP contribution in [0.3, 0.4) is 0 Å². The molecule has 1 aliphatic heterocycles. The van der Waals surface area contributed by atoms with Crippen LogP contribution < -0.4 is 11.3 Å². The van der Waals surface area contributed by atoms with E-state index in [0.29, 0.717) is 37.7 Å². The molecule has 2 heterocycles. The number of ether oxygens (including phenoxy) is 1. The molecular formula is C13H20N4O2. The van der Waals surface area contributed by atoms with Gasteiger partial charge in [0.05, 0.1) is 13.2 Å². The fourth-order valence-electron chi connectivity index (χ4n) is 1.99. The Bertz CT molecular complexity index is 456. The molecule has 1 aliphatic rings. The van der Waals surface area contributed by atoms with Gasteiger partial charge in [0.15, 0.2) is 0 Å². The highest BCUT2D eigenvalue weighted by molar-refractivity contribution is 5.95. The Hall–Kier alpha value is -1.66. The van der Waals surface area contributed by atoms with Gasteiger partial charge in [-0.3, -0.25) is 4.79 Å². The molecule has 0 aromatic carbocycles. The van der Waals surface area contributed by atoms with Crippen molar-refractivity contribution < 1.29 is 9.53 Å². The zero-order valence-electron chi connectivity index (χ0n) is 11.3. The van der Waals surface area contributed by atoms with Gasteiger partial charge in [-0.05, 0) is 18.1 Å². The lowest BCUT2D eigenvalue weighted by Gasteiger charge is -2.27. The average molecular weight is 264 g/mol. The van der Waals surface area contributed by atoms with Crippen LogP contribution in [0.5, 0.6) is 0 Å². The molecule has 1 aromatic rings. The number of nitrogens with one attached hydrogen (secondary N) is 1. The van der Waals surface area contributed by atoms with Crippen molar-refractivity contribution in [1.29, 1.82) is 0 Å². The van der Waals surface area contributed by atoms with Gasteiger partial charge in [-0.25, -0.2) is 10.8 Å². The number of hydrogen-bond acceptors (Lipinski definition) is 5. The summed E-state index contributed by atoms with van der Waals surface area (Å²) >= 11 is 0. The number of hydrazine groups is 1. The average Bonchev–Trinajstić information content (AvgIpc) is 2.46. The minimum Gasteiger partial charge on any atom is -0.378 e. The topological polar surface area (TPSA) is 80.5 Å². The number of morpholine rings is 1. The van der Waals surface area contributed by atoms with Crippen molar-refractivity contribution in [3.63, 3.8) is 0 Å². The first-order valence-electron chi connectivity index (χ1n) is 6.47. The van der Waals surface area contributed by atoms with E-state index in [1.165, 1.54) is 0 Å². The zero-order valence-corrected chi connectivity index (χ0v) is 11.3. The number of nitrogens with zero attached hydrogens (tertiary/aromatic N) is 2. The number of hydrogen-bond donors (Lipinski definition) is 2. The van der Waals surface area contributed by atoms with Crippen LogP contribution in [0.1, 0.15) is 35.8 Å². The maximum atomic E-state index is 12.4. The normalized spacial score (nSPS) is 15.7. The monoisotopic (exact) mass is 264 g/mol. The molecule has 0 radical (unpaired) electrons. The highest BCUT2D eigenvalue weighted by atomic mass is 16.5. The van der Waals surface area contributed by atoms with Gasteiger partial charge < -0.3 is 15.1 Å². The molecule has 0 aliphatic carbocycles. The first-order valence-corrected chi connectivity index (χ1v) is 6.47. The number of anilines is 1. The summed E-state index contributed by atoms with van der Waals surface area (Å²) in [6.07, 6.45) is 0. The van der Waals surface area contributed by atoms with E-state index in [1.807, 2.05) is 19.9 Å². The standard InChI is InChI=1S/C13H20N4O2/c1-9(2)11-7-10(8-12(15-11)16-14)13(18)17-3-5-19-6-4-17/h7-9H,3-6,14H2,1-2H3,(H,15,16). The number of carbonyl (C=O) groups is 1. The Morgan fingerprint density at radius 3 is 2.68 bits per heavy atom. The fraction of sp³-hybridized carbons (Fsp3) is 0.538. The third-order valence-corrected chi connectivity index (χ3v) is 3.13. The number of aromatic nitrogens is 1. The van der Waals surface area contributed by atoms with Crippen molar-refractivity contribution in [3.05, 3.63) is 23.4 Å². The van der Waals surface area contributed by atoms with Crippen LogP contribution in [0.25, 0.3) is 0 Å². The minimum absolute atomic E-state index is 0.00380. The van der Waals surface area contributed by atoms with Crippen LogP contribution in [-0.2, 0) is 4.74 Å². The van der Waals surface area contributed by atoms with Crippen LogP contribution in [0.4, 0.5) is 5.82 Å². The Morgan fingerprint density at radius 1 is 1.42 bits per heavy atom. The lowest BCUT2D eigenvalue weighted by molar-refractivity contribution is 0.0303. The Morgan fingerprint density at radius 2 is 2.11 bits per heavy atom. The molecule has 0 bridgehead atoms. The van der Waals surface area contributed by atoms with Crippen molar-refractivity contribution in [2.75, 3.05) is 31.7 Å². The van der Waals surface area contributed by atoms with E-state index in [2.05, 4.69) is 10.4 Å². The summed E-state index contributed by atoms with van der Waals surface area (Å²) < 4.78 is 5.25. The molecule has 1 aromatic heterocycles. The quantitative estimate of drug-likeness (QED) is 0.628. The second-order valence-corrected chi connectivity index (χ2v) is 4.87. The number of amides is 1. The smallest absolute Gasteiger partial charge is 0.254 e. The number of pyridine rings is 1. The van der Waals surface area contributed by atoms with E-state index in [4.69, 9.17) is 10.6 Å². The summed E-state index contributed by atoms with van der Waals surface area (Å²) in [6.45, 7) is 6.51. The van der Waals surface area contributed by atoms with Gasteiger partial charge >= 0.3 is 0 Å². The van der Waals surface area contributed by atoms with E-state index < -0.39 is 0 Å². The van der Waals surface area contributed by atoms with Crippen LogP contribution in [0.2, 0.25) is 0 Å². The maximum absolute atomic E-state index is 12.4. The predicted molar refractivity (Wildman–Crippen MR) is 72.9 cm³/mol. The predicted octanol–water partition coefficient (Wildman–Crippen LogP) is 0.963. The van der Waals surface area contributed by atoms with Gasteiger partial charge in [-0.2, -0.15) is 0 Å². The molecule has 0 unspecified atom stereocenters. The minimum atomic E-state index is 0.00380. The summed E-state index contributed by atoms with van der Waals surface area (Å²) in [5.41, 5.74) is 3.99. The van der Waals surface area contributed by atoms with Gasteiger partial charge in [0.1, 0.15) is 5.82 Å². The molecule has 0 atom stereocenters. The van der Waals surface area contributed by atoms with E-state index in [-0.39, 0.29) is 11.8 Å². The molecule has 3 N–H and O–H groups in total. The molecule has 2 rings (SSSR count). The Labute approximate surface area is 112 Å². The highest BCUT2D eigenvalue weighted by Crippen LogP contribution is 2.18. The first kappa shape index (κ1) is 13.8. The zero-order chi connectivity index (χ0) is 13.8. The Balaban J connectivity index is 2.26. The fourth-order valence-corrected chi connectivity index (χ4v) is 1.99. The number of carbonyl (C=O) groups excluding carboxylic acids is 1. The molecule has 104 valence electrons. The van der Waals surface area contributed by atoms with E-state index in [0.717, 1.165) is 5.69 Å². The summed E-state index contributed by atoms with van der Waals surface area (Å²) in [6, 6.07) is 3.52. The lowest BCUT2D eigenvalue weighted by atomic mass is 10.1. The van der Waals surface area contributed by atoms with Crippen molar-refractivity contribution in [2.45, 2.75) is 19.8 Å². The largest absolute Gasteiger partial charge is 0.378 e. The van der Waals surface area contributed by atoms with Crippen LogP contribution in [0, 0.1) is 0 Å². The summed E-state index contributed by atoms with van der Waals surface area (Å²) in [5.74, 6) is 6.17. The molecule has 1 fully saturated rings. The van der Waals surface area contributed by atoms with Gasteiger partial charge in [0.2, 0.25) is 0 Å². The van der Waals surface area contributed by atoms with Gasteiger partial charge in [0, 0.05) is 24.3 Å². The number of rotatable bonds is 3. The molecule has 1 amide bonds. The van der Waals surface area contributed by atoms with Gasteiger partial charge in [-0.15, -0.1) is 0 Å². The summed E-state index contributed by atoms with van der Waals surface area (Å²) in [5, 5.41) is 0. The molecular weight excluding hydrogens is 244 g/mol. The Kier molecular flexibility index (Phi) is 4.34. The SMILES string of the molecule is CC(C)c1cc(C(=O)N2CCOCC2)cc(NN)n1. The summed E-state index contributed by atoms with van der Waals surface area (Å²) in [4.78, 5) is 18.6. The molecule has 0 saturated carbocycles. The van der Waals surface area contributed by atoms with Crippen molar-refractivity contribution >= 4 is 11.7 Å². The molecule has 1 saturated heterocycles.